The molecule has 0 heterocycles. The summed E-state index contributed by atoms with van der Waals surface area (Å²) in [6.07, 6.45) is 0.781. The first-order valence-electron chi connectivity index (χ1n) is 6.08. The SMILES string of the molecule is COC(=O)C(CC(C)C)NCc1ccc(Br)cc1. The second kappa shape index (κ2) is 7.54. The molecule has 0 aliphatic rings. The van der Waals surface area contributed by atoms with Crippen LogP contribution in [-0.4, -0.2) is 19.1 Å². The minimum atomic E-state index is -0.237. The summed E-state index contributed by atoms with van der Waals surface area (Å²) >= 11 is 3.40. The van der Waals surface area contributed by atoms with E-state index in [2.05, 4.69) is 35.1 Å². The lowest BCUT2D eigenvalue weighted by molar-refractivity contribution is -0.143. The van der Waals surface area contributed by atoms with Crippen molar-refractivity contribution in [2.45, 2.75) is 32.9 Å². The zero-order valence-electron chi connectivity index (χ0n) is 11.1. The number of esters is 1. The summed E-state index contributed by atoms with van der Waals surface area (Å²) in [5.41, 5.74) is 1.15. The number of methoxy groups -OCH3 is 1. The van der Waals surface area contributed by atoms with E-state index in [9.17, 15) is 4.79 Å². The highest BCUT2D eigenvalue weighted by Crippen LogP contribution is 2.11. The van der Waals surface area contributed by atoms with Gasteiger partial charge in [0.2, 0.25) is 0 Å². The van der Waals surface area contributed by atoms with Crippen LogP contribution in [0, 0.1) is 5.92 Å². The summed E-state index contributed by atoms with van der Waals surface area (Å²) < 4.78 is 5.87. The van der Waals surface area contributed by atoms with Gasteiger partial charge in [-0.1, -0.05) is 41.9 Å². The number of hydrogen-bond acceptors (Lipinski definition) is 3. The molecule has 0 bridgehead atoms. The van der Waals surface area contributed by atoms with Gasteiger partial charge < -0.3 is 10.1 Å². The Hall–Kier alpha value is -0.870. The standard InChI is InChI=1S/C14H20BrNO2/c1-10(2)8-13(14(17)18-3)16-9-11-4-6-12(15)7-5-11/h4-7,10,13,16H,8-9H2,1-3H3. The number of hydrogen-bond donors (Lipinski definition) is 1. The van der Waals surface area contributed by atoms with Gasteiger partial charge in [0.1, 0.15) is 6.04 Å². The lowest BCUT2D eigenvalue weighted by Crippen LogP contribution is -2.38. The minimum absolute atomic E-state index is 0.194. The maximum Gasteiger partial charge on any atom is 0.322 e. The normalized spacial score (nSPS) is 12.5. The average molecular weight is 314 g/mol. The molecule has 1 rings (SSSR count). The summed E-state index contributed by atoms with van der Waals surface area (Å²) in [6.45, 7) is 4.86. The third-order valence-electron chi connectivity index (χ3n) is 2.66. The fraction of sp³-hybridized carbons (Fsp3) is 0.500. The number of nitrogens with one attached hydrogen (secondary N) is 1. The van der Waals surface area contributed by atoms with E-state index in [1.165, 1.54) is 7.11 Å². The monoisotopic (exact) mass is 313 g/mol. The molecule has 3 nitrogen and oxygen atoms in total. The molecule has 0 aliphatic carbocycles. The summed E-state index contributed by atoms with van der Waals surface area (Å²) in [6, 6.07) is 7.81. The van der Waals surface area contributed by atoms with Gasteiger partial charge in [-0.25, -0.2) is 0 Å². The molecular formula is C14H20BrNO2. The van der Waals surface area contributed by atoms with Crippen LogP contribution in [0.5, 0.6) is 0 Å². The molecule has 0 spiro atoms. The van der Waals surface area contributed by atoms with Crippen LogP contribution in [0.4, 0.5) is 0 Å². The molecule has 0 amide bonds. The number of carbonyl (C=O) groups excluding carboxylic acids is 1. The maximum absolute atomic E-state index is 11.6. The highest BCUT2D eigenvalue weighted by Gasteiger charge is 2.19. The number of rotatable bonds is 6. The van der Waals surface area contributed by atoms with Crippen molar-refractivity contribution in [3.63, 3.8) is 0 Å². The van der Waals surface area contributed by atoms with E-state index >= 15 is 0 Å². The van der Waals surface area contributed by atoms with Gasteiger partial charge in [-0.15, -0.1) is 0 Å². The molecule has 0 aromatic heterocycles. The first kappa shape index (κ1) is 15.2. The Morgan fingerprint density at radius 2 is 1.94 bits per heavy atom. The van der Waals surface area contributed by atoms with Crippen LogP contribution in [0.15, 0.2) is 28.7 Å². The first-order valence-corrected chi connectivity index (χ1v) is 6.88. The van der Waals surface area contributed by atoms with Crippen LogP contribution < -0.4 is 5.32 Å². The zero-order valence-corrected chi connectivity index (χ0v) is 12.7. The molecule has 1 aromatic rings. The van der Waals surface area contributed by atoms with Crippen LogP contribution in [0.1, 0.15) is 25.8 Å². The van der Waals surface area contributed by atoms with Gasteiger partial charge in [-0.3, -0.25) is 4.79 Å². The van der Waals surface area contributed by atoms with Gasteiger partial charge in [-0.2, -0.15) is 0 Å². The largest absolute Gasteiger partial charge is 0.468 e. The molecule has 18 heavy (non-hydrogen) atoms. The van der Waals surface area contributed by atoms with Gasteiger partial charge in [0.15, 0.2) is 0 Å². The van der Waals surface area contributed by atoms with Crippen molar-refractivity contribution < 1.29 is 9.53 Å². The smallest absolute Gasteiger partial charge is 0.322 e. The minimum Gasteiger partial charge on any atom is -0.468 e. The summed E-state index contributed by atoms with van der Waals surface area (Å²) in [4.78, 5) is 11.6. The molecular weight excluding hydrogens is 294 g/mol. The van der Waals surface area contributed by atoms with E-state index in [0.29, 0.717) is 12.5 Å². The van der Waals surface area contributed by atoms with Gasteiger partial charge in [0.05, 0.1) is 7.11 Å². The zero-order chi connectivity index (χ0) is 13.5. The second-order valence-electron chi connectivity index (χ2n) is 4.71. The first-order chi connectivity index (χ1) is 8.52. The Balaban J connectivity index is 2.55. The molecule has 0 saturated heterocycles. The van der Waals surface area contributed by atoms with Gasteiger partial charge in [0.25, 0.3) is 0 Å². The number of carbonyl (C=O) groups is 1. The predicted octanol–water partition coefficient (Wildman–Crippen LogP) is 3.13. The highest BCUT2D eigenvalue weighted by atomic mass is 79.9. The molecule has 0 radical (unpaired) electrons. The Morgan fingerprint density at radius 3 is 2.44 bits per heavy atom. The van der Waals surface area contributed by atoms with Gasteiger partial charge >= 0.3 is 5.97 Å². The molecule has 0 aliphatic heterocycles. The van der Waals surface area contributed by atoms with E-state index in [-0.39, 0.29) is 12.0 Å². The maximum atomic E-state index is 11.6. The number of halogens is 1. The van der Waals surface area contributed by atoms with Gasteiger partial charge in [-0.05, 0) is 30.0 Å². The van der Waals surface area contributed by atoms with Crippen molar-refractivity contribution in [3.05, 3.63) is 34.3 Å². The van der Waals surface area contributed by atoms with Crippen LogP contribution in [-0.2, 0) is 16.1 Å². The van der Waals surface area contributed by atoms with Crippen LogP contribution in [0.2, 0.25) is 0 Å². The molecule has 1 N–H and O–H groups in total. The Bertz CT molecular complexity index is 376. The van der Waals surface area contributed by atoms with Crippen molar-refractivity contribution in [1.29, 1.82) is 0 Å². The predicted molar refractivity (Wildman–Crippen MR) is 76.2 cm³/mol. The third kappa shape index (κ3) is 5.19. The van der Waals surface area contributed by atoms with Crippen molar-refractivity contribution in [2.75, 3.05) is 7.11 Å². The van der Waals surface area contributed by atoms with Crippen LogP contribution in [0.3, 0.4) is 0 Å². The van der Waals surface area contributed by atoms with E-state index in [4.69, 9.17) is 4.74 Å². The molecule has 1 unspecified atom stereocenters. The highest BCUT2D eigenvalue weighted by molar-refractivity contribution is 9.10. The van der Waals surface area contributed by atoms with Crippen molar-refractivity contribution in [3.8, 4) is 0 Å². The molecule has 0 fully saturated rings. The van der Waals surface area contributed by atoms with E-state index in [1.54, 1.807) is 0 Å². The fourth-order valence-electron chi connectivity index (χ4n) is 1.72. The molecule has 0 saturated carbocycles. The van der Waals surface area contributed by atoms with E-state index in [1.807, 2.05) is 24.3 Å². The third-order valence-corrected chi connectivity index (χ3v) is 3.19. The fourth-order valence-corrected chi connectivity index (χ4v) is 1.98. The lowest BCUT2D eigenvalue weighted by Gasteiger charge is -2.18. The van der Waals surface area contributed by atoms with Crippen LogP contribution >= 0.6 is 15.9 Å². The average Bonchev–Trinajstić information content (AvgIpc) is 2.35. The summed E-state index contributed by atoms with van der Waals surface area (Å²) in [5, 5.41) is 3.25. The Morgan fingerprint density at radius 1 is 1.33 bits per heavy atom. The Kier molecular flexibility index (Phi) is 6.36. The lowest BCUT2D eigenvalue weighted by atomic mass is 10.0. The quantitative estimate of drug-likeness (QED) is 0.820. The van der Waals surface area contributed by atoms with Crippen molar-refractivity contribution in [2.24, 2.45) is 5.92 Å². The number of benzene rings is 1. The summed E-state index contributed by atoms with van der Waals surface area (Å²) in [7, 11) is 1.43. The summed E-state index contributed by atoms with van der Waals surface area (Å²) in [5.74, 6) is 0.257. The molecule has 100 valence electrons. The Labute approximate surface area is 117 Å². The molecule has 4 heteroatoms. The van der Waals surface area contributed by atoms with Gasteiger partial charge in [0, 0.05) is 11.0 Å². The number of ether oxygens (including phenoxy) is 1. The van der Waals surface area contributed by atoms with Crippen molar-refractivity contribution >= 4 is 21.9 Å². The van der Waals surface area contributed by atoms with E-state index in [0.717, 1.165) is 16.5 Å². The topological polar surface area (TPSA) is 38.3 Å². The second-order valence-corrected chi connectivity index (χ2v) is 5.63. The molecule has 1 atom stereocenters. The van der Waals surface area contributed by atoms with E-state index < -0.39 is 0 Å². The van der Waals surface area contributed by atoms with Crippen molar-refractivity contribution in [1.82, 2.24) is 5.32 Å². The molecule has 1 aromatic carbocycles. The van der Waals surface area contributed by atoms with Crippen LogP contribution in [0.25, 0.3) is 0 Å².